The summed E-state index contributed by atoms with van der Waals surface area (Å²) in [5.74, 6) is 0.0617. The molecule has 2 N–H and O–H groups in total. The van der Waals surface area contributed by atoms with Crippen LogP contribution in [0.2, 0.25) is 0 Å². The van der Waals surface area contributed by atoms with Crippen LogP contribution in [-0.4, -0.2) is 25.7 Å². The molecule has 7 heteroatoms. The van der Waals surface area contributed by atoms with Gasteiger partial charge in [-0.1, -0.05) is 12.1 Å². The predicted molar refractivity (Wildman–Crippen MR) is 104 cm³/mol. The van der Waals surface area contributed by atoms with Crippen LogP contribution in [0.25, 0.3) is 11.0 Å². The van der Waals surface area contributed by atoms with E-state index in [4.69, 9.17) is 0 Å². The number of rotatable bonds is 5. The lowest BCUT2D eigenvalue weighted by atomic mass is 10.1. The molecule has 0 bridgehead atoms. The van der Waals surface area contributed by atoms with E-state index >= 15 is 0 Å². The highest BCUT2D eigenvalue weighted by atomic mass is 19.1. The topological polar surface area (TPSA) is 75.6 Å². The van der Waals surface area contributed by atoms with Crippen LogP contribution >= 0.6 is 0 Å². The van der Waals surface area contributed by atoms with Crippen molar-refractivity contribution < 1.29 is 9.18 Å². The van der Waals surface area contributed by atoms with Gasteiger partial charge in [-0.25, -0.2) is 9.37 Å². The molecule has 0 spiro atoms. The van der Waals surface area contributed by atoms with Gasteiger partial charge < -0.3 is 10.3 Å². The zero-order valence-electron chi connectivity index (χ0n) is 15.7. The third kappa shape index (κ3) is 3.78. The smallest absolute Gasteiger partial charge is 0.251 e. The van der Waals surface area contributed by atoms with Gasteiger partial charge >= 0.3 is 0 Å². The average Bonchev–Trinajstić information content (AvgIpc) is 3.21. The Bertz CT molecular complexity index is 1140. The van der Waals surface area contributed by atoms with Crippen LogP contribution < -0.4 is 5.32 Å². The fourth-order valence-corrected chi connectivity index (χ4v) is 3.15. The number of carbonyl (C=O) groups excluding carboxylic acids is 1. The van der Waals surface area contributed by atoms with E-state index in [9.17, 15) is 9.18 Å². The van der Waals surface area contributed by atoms with Crippen molar-refractivity contribution in [1.29, 1.82) is 0 Å². The lowest BCUT2D eigenvalue weighted by Gasteiger charge is -2.07. The molecule has 2 aromatic carbocycles. The van der Waals surface area contributed by atoms with E-state index in [1.165, 1.54) is 12.1 Å². The number of amides is 1. The fourth-order valence-electron chi connectivity index (χ4n) is 3.15. The summed E-state index contributed by atoms with van der Waals surface area (Å²) in [7, 11) is 0. The first-order chi connectivity index (χ1) is 13.5. The minimum atomic E-state index is -0.327. The van der Waals surface area contributed by atoms with Crippen molar-refractivity contribution in [1.82, 2.24) is 25.1 Å². The molecule has 28 heavy (non-hydrogen) atoms. The molecule has 0 atom stereocenters. The maximum atomic E-state index is 13.3. The van der Waals surface area contributed by atoms with Gasteiger partial charge in [0.2, 0.25) is 0 Å². The summed E-state index contributed by atoms with van der Waals surface area (Å²) >= 11 is 0. The van der Waals surface area contributed by atoms with Gasteiger partial charge in [0.25, 0.3) is 5.91 Å². The predicted octanol–water partition coefficient (Wildman–Crippen LogP) is 3.49. The molecule has 0 saturated heterocycles. The number of imidazole rings is 1. The van der Waals surface area contributed by atoms with Crippen LogP contribution in [0.3, 0.4) is 0 Å². The monoisotopic (exact) mass is 377 g/mol. The van der Waals surface area contributed by atoms with E-state index in [2.05, 4.69) is 20.4 Å². The molecular weight excluding hydrogens is 357 g/mol. The van der Waals surface area contributed by atoms with Gasteiger partial charge in [0.05, 0.1) is 29.8 Å². The summed E-state index contributed by atoms with van der Waals surface area (Å²) in [6.07, 6.45) is 0. The molecule has 0 aliphatic carbocycles. The third-order valence-corrected chi connectivity index (χ3v) is 4.56. The number of hydrogen-bond donors (Lipinski definition) is 2. The molecule has 6 nitrogen and oxygen atoms in total. The van der Waals surface area contributed by atoms with Gasteiger partial charge in [-0.2, -0.15) is 5.10 Å². The quantitative estimate of drug-likeness (QED) is 0.559. The average molecular weight is 377 g/mol. The van der Waals surface area contributed by atoms with E-state index in [-0.39, 0.29) is 18.3 Å². The Balaban J connectivity index is 1.39. The number of H-pyrrole nitrogens is 1. The summed E-state index contributed by atoms with van der Waals surface area (Å²) < 4.78 is 15.2. The molecular formula is C21H20FN5O. The van der Waals surface area contributed by atoms with Crippen molar-refractivity contribution in [3.63, 3.8) is 0 Å². The molecule has 0 unspecified atom stereocenters. The Morgan fingerprint density at radius 2 is 1.93 bits per heavy atom. The zero-order chi connectivity index (χ0) is 19.7. The van der Waals surface area contributed by atoms with E-state index in [0.717, 1.165) is 17.0 Å². The number of carbonyl (C=O) groups is 1. The van der Waals surface area contributed by atoms with Crippen LogP contribution in [0.1, 0.15) is 33.1 Å². The molecule has 4 rings (SSSR count). The number of aromatic nitrogens is 4. The number of nitrogens with zero attached hydrogens (tertiary/aromatic N) is 3. The summed E-state index contributed by atoms with van der Waals surface area (Å²) in [4.78, 5) is 19.7. The van der Waals surface area contributed by atoms with Gasteiger partial charge in [0.1, 0.15) is 11.6 Å². The van der Waals surface area contributed by atoms with Gasteiger partial charge in [-0.3, -0.25) is 9.48 Å². The van der Waals surface area contributed by atoms with Crippen molar-refractivity contribution in [3.05, 3.63) is 82.7 Å². The van der Waals surface area contributed by atoms with Gasteiger partial charge in [-0.15, -0.1) is 0 Å². The van der Waals surface area contributed by atoms with Gasteiger partial charge in [0, 0.05) is 11.3 Å². The largest absolute Gasteiger partial charge is 0.345 e. The molecule has 142 valence electrons. The van der Waals surface area contributed by atoms with Crippen LogP contribution in [0.5, 0.6) is 0 Å². The molecule has 4 aromatic rings. The summed E-state index contributed by atoms with van der Waals surface area (Å²) in [6, 6.07) is 13.8. The second kappa shape index (κ2) is 7.26. The number of fused-ring (bicyclic) bond motifs is 1. The minimum absolute atomic E-state index is 0.190. The number of halogens is 1. The van der Waals surface area contributed by atoms with E-state index in [1.807, 2.05) is 36.7 Å². The first-order valence-electron chi connectivity index (χ1n) is 9.00. The van der Waals surface area contributed by atoms with E-state index < -0.39 is 0 Å². The molecule has 2 aromatic heterocycles. The zero-order valence-corrected chi connectivity index (χ0v) is 15.7. The number of nitrogens with one attached hydrogen (secondary N) is 2. The summed E-state index contributed by atoms with van der Waals surface area (Å²) in [5.41, 5.74) is 5.00. The van der Waals surface area contributed by atoms with Crippen LogP contribution in [0.4, 0.5) is 4.39 Å². The highest BCUT2D eigenvalue weighted by Crippen LogP contribution is 2.13. The van der Waals surface area contributed by atoms with Gasteiger partial charge in [0.15, 0.2) is 0 Å². The first-order valence-corrected chi connectivity index (χ1v) is 9.00. The third-order valence-electron chi connectivity index (χ3n) is 4.56. The maximum Gasteiger partial charge on any atom is 0.251 e. The molecule has 1 amide bonds. The number of benzene rings is 2. The lowest BCUT2D eigenvalue weighted by Crippen LogP contribution is -2.23. The molecule has 0 fully saturated rings. The molecule has 0 aliphatic rings. The van der Waals surface area contributed by atoms with Crippen molar-refractivity contribution in [3.8, 4) is 0 Å². The number of aryl methyl sites for hydroxylation is 2. The minimum Gasteiger partial charge on any atom is -0.345 e. The van der Waals surface area contributed by atoms with Crippen LogP contribution in [-0.2, 0) is 13.1 Å². The van der Waals surface area contributed by atoms with Crippen LogP contribution in [0.15, 0.2) is 48.5 Å². The highest BCUT2D eigenvalue weighted by molar-refractivity contribution is 5.94. The Kier molecular flexibility index (Phi) is 4.65. The second-order valence-corrected chi connectivity index (χ2v) is 6.81. The Morgan fingerprint density at radius 3 is 2.64 bits per heavy atom. The Morgan fingerprint density at radius 1 is 1.14 bits per heavy atom. The molecule has 0 radical (unpaired) electrons. The first kappa shape index (κ1) is 17.9. The van der Waals surface area contributed by atoms with Crippen molar-refractivity contribution in [2.45, 2.75) is 26.9 Å². The van der Waals surface area contributed by atoms with Crippen molar-refractivity contribution in [2.75, 3.05) is 0 Å². The van der Waals surface area contributed by atoms with Crippen LogP contribution in [0, 0.1) is 19.7 Å². The van der Waals surface area contributed by atoms with Crippen molar-refractivity contribution >= 4 is 16.9 Å². The molecule has 2 heterocycles. The Hall–Kier alpha value is -3.48. The summed E-state index contributed by atoms with van der Waals surface area (Å²) in [5, 5.41) is 7.28. The molecule has 0 aliphatic heterocycles. The lowest BCUT2D eigenvalue weighted by molar-refractivity contribution is 0.0950. The summed E-state index contributed by atoms with van der Waals surface area (Å²) in [6.45, 7) is 4.89. The highest BCUT2D eigenvalue weighted by Gasteiger charge is 2.09. The normalized spacial score (nSPS) is 11.1. The van der Waals surface area contributed by atoms with E-state index in [0.29, 0.717) is 29.0 Å². The van der Waals surface area contributed by atoms with Gasteiger partial charge in [-0.05, 0) is 55.8 Å². The fraction of sp³-hybridized carbons (Fsp3) is 0.190. The number of aromatic amines is 1. The SMILES string of the molecule is Cc1cc(C)n(Cc2ccc(C(=O)NCc3nc4ccc(F)cc4[nH]3)cc2)n1. The second-order valence-electron chi connectivity index (χ2n) is 6.81. The number of hydrogen-bond acceptors (Lipinski definition) is 3. The van der Waals surface area contributed by atoms with Crippen molar-refractivity contribution in [2.24, 2.45) is 0 Å². The standard InChI is InChI=1S/C21H20FN5O/c1-13-9-14(2)27(26-13)12-15-3-5-16(6-4-15)21(28)23-11-20-24-18-8-7-17(22)10-19(18)25-20/h3-10H,11-12H2,1-2H3,(H,23,28)(H,24,25). The molecule has 0 saturated carbocycles. The Labute approximate surface area is 161 Å². The maximum absolute atomic E-state index is 13.3. The van der Waals surface area contributed by atoms with E-state index in [1.54, 1.807) is 18.2 Å².